The smallest absolute Gasteiger partial charge is 0.258 e. The summed E-state index contributed by atoms with van der Waals surface area (Å²) < 4.78 is 21.4. The quantitative estimate of drug-likeness (QED) is 0.568. The predicted octanol–water partition coefficient (Wildman–Crippen LogP) is 1.22. The Morgan fingerprint density at radius 1 is 1.43 bits per heavy atom. The number of sulfonamides is 1. The Morgan fingerprint density at radius 3 is 2.43 bits per heavy atom. The molecule has 6 nitrogen and oxygen atoms in total. The number of nitrogens with one attached hydrogen (secondary N) is 1. The molecule has 0 aliphatic carbocycles. The van der Waals surface area contributed by atoms with Gasteiger partial charge in [-0.25, -0.2) is 8.42 Å². The first-order valence-corrected chi connectivity index (χ1v) is 5.12. The summed E-state index contributed by atoms with van der Waals surface area (Å²) in [5.74, 6) is 0. The van der Waals surface area contributed by atoms with Gasteiger partial charge in [0.15, 0.2) is 0 Å². The molecule has 0 atom stereocenters. The van der Waals surface area contributed by atoms with Crippen LogP contribution in [0.15, 0.2) is 23.1 Å². The third kappa shape index (κ3) is 2.19. The molecule has 0 saturated carbocycles. The Kier molecular flexibility index (Phi) is 2.74. The Labute approximate surface area is 84.5 Å². The summed E-state index contributed by atoms with van der Waals surface area (Å²) in [5, 5.41) is 16.9. The van der Waals surface area contributed by atoms with Gasteiger partial charge in [0.1, 0.15) is 5.02 Å². The van der Waals surface area contributed by atoms with Gasteiger partial charge in [-0.3, -0.25) is 10.1 Å². The average Bonchev–Trinajstić information content (AvgIpc) is 2.02. The molecule has 0 bridgehead atoms. The van der Waals surface area contributed by atoms with Gasteiger partial charge in [-0.05, 0) is 12.1 Å². The minimum atomic E-state index is -4.19. The van der Waals surface area contributed by atoms with Crippen LogP contribution in [0.25, 0.3) is 0 Å². The van der Waals surface area contributed by atoms with E-state index in [0.29, 0.717) is 0 Å². The van der Waals surface area contributed by atoms with Crippen LogP contribution in [-0.4, -0.2) is 13.3 Å². The van der Waals surface area contributed by atoms with E-state index >= 15 is 0 Å². The zero-order chi connectivity index (χ0) is 10.9. The molecule has 0 aliphatic rings. The van der Waals surface area contributed by atoms with E-state index in [1.165, 1.54) is 0 Å². The summed E-state index contributed by atoms with van der Waals surface area (Å²) in [7, 11) is -4.19. The first-order valence-electron chi connectivity index (χ1n) is 3.26. The van der Waals surface area contributed by atoms with Crippen molar-refractivity contribution in [1.82, 2.24) is 5.14 Å². The lowest BCUT2D eigenvalue weighted by molar-refractivity contribution is -0.384. The second-order valence-electron chi connectivity index (χ2n) is 2.37. The minimum absolute atomic E-state index is 0.164. The molecule has 0 unspecified atom stereocenters. The first kappa shape index (κ1) is 10.9. The molecule has 1 aromatic rings. The molecule has 1 radical (unpaired) electrons. The number of halogens is 1. The molecule has 1 N–H and O–H groups in total. The second kappa shape index (κ2) is 3.52. The molecular weight excluding hydrogens is 232 g/mol. The molecular formula is C6H4ClN2O4S. The second-order valence-corrected chi connectivity index (χ2v) is 4.26. The zero-order valence-electron chi connectivity index (χ0n) is 6.60. The number of benzene rings is 1. The van der Waals surface area contributed by atoms with E-state index in [-0.39, 0.29) is 5.02 Å². The molecule has 75 valence electrons. The van der Waals surface area contributed by atoms with Crippen LogP contribution < -0.4 is 5.14 Å². The zero-order valence-corrected chi connectivity index (χ0v) is 8.17. The largest absolute Gasteiger partial charge is 0.289 e. The van der Waals surface area contributed by atoms with Crippen molar-refractivity contribution in [3.8, 4) is 0 Å². The van der Waals surface area contributed by atoms with Crippen molar-refractivity contribution in [2.45, 2.75) is 4.90 Å². The van der Waals surface area contributed by atoms with Crippen molar-refractivity contribution in [3.63, 3.8) is 0 Å². The number of nitrogens with zero attached hydrogens (tertiary/aromatic N) is 1. The normalized spacial score (nSPS) is 11.3. The summed E-state index contributed by atoms with van der Waals surface area (Å²) in [6.45, 7) is 0. The van der Waals surface area contributed by atoms with Crippen LogP contribution in [0.4, 0.5) is 5.69 Å². The molecule has 0 saturated heterocycles. The van der Waals surface area contributed by atoms with Gasteiger partial charge in [0.25, 0.3) is 15.7 Å². The number of hydrogen-bond acceptors (Lipinski definition) is 4. The SMILES string of the molecule is [NH]S(=O)(=O)c1ccc(Cl)c([N+](=O)[O-])c1. The number of hydrogen-bond donors (Lipinski definition) is 0. The van der Waals surface area contributed by atoms with E-state index in [9.17, 15) is 18.5 Å². The molecule has 0 amide bonds. The molecule has 0 spiro atoms. The summed E-state index contributed by atoms with van der Waals surface area (Å²) in [5.41, 5.74) is -0.528. The molecule has 0 aliphatic heterocycles. The number of rotatable bonds is 2. The van der Waals surface area contributed by atoms with Gasteiger partial charge in [0.05, 0.1) is 9.82 Å². The van der Waals surface area contributed by atoms with E-state index in [4.69, 9.17) is 16.7 Å². The van der Waals surface area contributed by atoms with Crippen molar-refractivity contribution in [3.05, 3.63) is 33.3 Å². The summed E-state index contributed by atoms with van der Waals surface area (Å²) in [6.07, 6.45) is 0. The van der Waals surface area contributed by atoms with Gasteiger partial charge in [0, 0.05) is 6.07 Å². The monoisotopic (exact) mass is 235 g/mol. The van der Waals surface area contributed by atoms with E-state index in [2.05, 4.69) is 0 Å². The maximum atomic E-state index is 10.7. The Balaban J connectivity index is 3.42. The Hall–Kier alpha value is -1.18. The van der Waals surface area contributed by atoms with Gasteiger partial charge in [-0.2, -0.15) is 0 Å². The first-order chi connectivity index (χ1) is 6.32. The van der Waals surface area contributed by atoms with Gasteiger partial charge in [-0.1, -0.05) is 11.6 Å². The van der Waals surface area contributed by atoms with E-state index in [1.807, 2.05) is 0 Å². The highest BCUT2D eigenvalue weighted by atomic mass is 35.5. The third-order valence-electron chi connectivity index (χ3n) is 1.42. The van der Waals surface area contributed by atoms with E-state index in [0.717, 1.165) is 18.2 Å². The average molecular weight is 236 g/mol. The lowest BCUT2D eigenvalue weighted by Crippen LogP contribution is -2.01. The fourth-order valence-corrected chi connectivity index (χ4v) is 1.50. The summed E-state index contributed by atoms with van der Waals surface area (Å²) in [4.78, 5) is 9.11. The predicted molar refractivity (Wildman–Crippen MR) is 48.4 cm³/mol. The minimum Gasteiger partial charge on any atom is -0.258 e. The third-order valence-corrected chi connectivity index (χ3v) is 2.62. The van der Waals surface area contributed by atoms with Crippen LogP contribution in [0.1, 0.15) is 0 Å². The molecule has 1 rings (SSSR count). The van der Waals surface area contributed by atoms with Crippen LogP contribution in [0.2, 0.25) is 5.02 Å². The standard InChI is InChI=1S/C6H4ClN2O4S/c7-5-2-1-4(14(8,12)13)3-6(5)9(10)11/h1-3,8H. The van der Waals surface area contributed by atoms with Gasteiger partial charge in [0.2, 0.25) is 0 Å². The van der Waals surface area contributed by atoms with Crippen molar-refractivity contribution < 1.29 is 13.3 Å². The maximum absolute atomic E-state index is 10.7. The Bertz CT molecular complexity index is 485. The van der Waals surface area contributed by atoms with Crippen molar-refractivity contribution >= 4 is 27.3 Å². The fraction of sp³-hybridized carbons (Fsp3) is 0. The van der Waals surface area contributed by atoms with Gasteiger partial charge >= 0.3 is 0 Å². The van der Waals surface area contributed by atoms with Gasteiger partial charge in [-0.15, -0.1) is 5.14 Å². The van der Waals surface area contributed by atoms with Crippen molar-refractivity contribution in [2.24, 2.45) is 0 Å². The van der Waals surface area contributed by atoms with Crippen LogP contribution in [0.3, 0.4) is 0 Å². The topological polar surface area (TPSA) is 101 Å². The number of nitro groups is 1. The van der Waals surface area contributed by atoms with Gasteiger partial charge < -0.3 is 0 Å². The molecule has 0 aromatic heterocycles. The summed E-state index contributed by atoms with van der Waals surface area (Å²) >= 11 is 5.44. The molecule has 0 fully saturated rings. The fourth-order valence-electron chi connectivity index (χ4n) is 0.800. The number of nitro benzene ring substituents is 1. The van der Waals surface area contributed by atoms with Crippen LogP contribution >= 0.6 is 11.6 Å². The molecule has 14 heavy (non-hydrogen) atoms. The lowest BCUT2D eigenvalue weighted by atomic mass is 10.3. The molecule has 8 heteroatoms. The van der Waals surface area contributed by atoms with Crippen LogP contribution in [0.5, 0.6) is 0 Å². The highest BCUT2D eigenvalue weighted by Gasteiger charge is 2.17. The Morgan fingerprint density at radius 2 is 2.00 bits per heavy atom. The van der Waals surface area contributed by atoms with E-state index < -0.39 is 25.5 Å². The van der Waals surface area contributed by atoms with Crippen molar-refractivity contribution in [1.29, 1.82) is 0 Å². The van der Waals surface area contributed by atoms with Crippen LogP contribution in [0, 0.1) is 10.1 Å². The van der Waals surface area contributed by atoms with Crippen molar-refractivity contribution in [2.75, 3.05) is 0 Å². The highest BCUT2D eigenvalue weighted by Crippen LogP contribution is 2.26. The lowest BCUT2D eigenvalue weighted by Gasteiger charge is -1.98. The highest BCUT2D eigenvalue weighted by molar-refractivity contribution is 7.88. The summed E-state index contributed by atoms with van der Waals surface area (Å²) in [6, 6.07) is 2.86. The van der Waals surface area contributed by atoms with E-state index in [1.54, 1.807) is 0 Å². The maximum Gasteiger partial charge on any atom is 0.289 e. The molecule has 1 aromatic carbocycles. The van der Waals surface area contributed by atoms with Crippen LogP contribution in [-0.2, 0) is 10.0 Å². The molecule has 0 heterocycles.